The normalized spacial score (nSPS) is 13.0. The first-order valence-electron chi connectivity index (χ1n) is 10.2. The van der Waals surface area contributed by atoms with Crippen molar-refractivity contribution in [2.45, 2.75) is 50.2 Å². The molecular weight excluding hydrogens is 434 g/mol. The van der Waals surface area contributed by atoms with Crippen LogP contribution in [0.5, 0.6) is 0 Å². The molecular formula is C22H27N3O6S. The Morgan fingerprint density at radius 2 is 1.62 bits per heavy atom. The molecule has 0 saturated heterocycles. The van der Waals surface area contributed by atoms with Crippen LogP contribution in [0.1, 0.15) is 43.5 Å². The average molecular weight is 462 g/mol. The molecule has 9 nitrogen and oxygen atoms in total. The number of nitrogens with one attached hydrogen (secondary N) is 2. The Morgan fingerprint density at radius 3 is 2.16 bits per heavy atom. The highest BCUT2D eigenvalue weighted by Crippen LogP contribution is 2.14. The molecule has 2 rings (SSSR count). The van der Waals surface area contributed by atoms with Crippen LogP contribution in [0.15, 0.2) is 59.5 Å². The fourth-order valence-corrected chi connectivity index (χ4v) is 3.38. The monoisotopic (exact) mass is 461 g/mol. The van der Waals surface area contributed by atoms with Crippen LogP contribution in [0, 0.1) is 0 Å². The van der Waals surface area contributed by atoms with Gasteiger partial charge in [-0.15, -0.1) is 0 Å². The minimum Gasteiger partial charge on any atom is -0.451 e. The standard InChI is InChI=1S/C22H27N3O6S/c1-3-8-18(25-20(26)15-9-6-5-7-10-15)22(28)31-19(4-2)21(27)24-16-11-13-17(14-12-16)32(23,29)30/h5-7,9-14,18-19H,3-4,8H2,1-2H3,(H,24,27)(H,25,26)(H2,23,29,30)/t18-,19+/m1/s1. The smallest absolute Gasteiger partial charge is 0.329 e. The van der Waals surface area contributed by atoms with Crippen LogP contribution >= 0.6 is 0 Å². The zero-order chi connectivity index (χ0) is 23.7. The second-order valence-electron chi connectivity index (χ2n) is 7.07. The van der Waals surface area contributed by atoms with Crippen molar-refractivity contribution in [1.29, 1.82) is 0 Å². The summed E-state index contributed by atoms with van der Waals surface area (Å²) in [7, 11) is -3.85. The van der Waals surface area contributed by atoms with Crippen molar-refractivity contribution in [2.24, 2.45) is 5.14 Å². The molecule has 0 fully saturated rings. The third kappa shape index (κ3) is 7.17. The highest BCUT2D eigenvalue weighted by atomic mass is 32.2. The van der Waals surface area contributed by atoms with Gasteiger partial charge < -0.3 is 15.4 Å². The van der Waals surface area contributed by atoms with Gasteiger partial charge in [0, 0.05) is 11.3 Å². The number of primary sulfonamides is 1. The summed E-state index contributed by atoms with van der Waals surface area (Å²) in [6.45, 7) is 3.54. The van der Waals surface area contributed by atoms with E-state index >= 15 is 0 Å². The third-order valence-corrected chi connectivity index (χ3v) is 5.50. The van der Waals surface area contributed by atoms with Gasteiger partial charge in [0.25, 0.3) is 11.8 Å². The molecule has 0 heterocycles. The van der Waals surface area contributed by atoms with Gasteiger partial charge in [-0.2, -0.15) is 0 Å². The molecule has 4 N–H and O–H groups in total. The number of carbonyl (C=O) groups is 3. The Kier molecular flexibility index (Phi) is 8.91. The summed E-state index contributed by atoms with van der Waals surface area (Å²) in [4.78, 5) is 37.6. The van der Waals surface area contributed by atoms with E-state index in [1.807, 2.05) is 6.92 Å². The Balaban J connectivity index is 2.03. The summed E-state index contributed by atoms with van der Waals surface area (Å²) in [6.07, 6.45) is 0.0882. The Bertz CT molecular complexity index is 1040. The van der Waals surface area contributed by atoms with Gasteiger partial charge in [-0.1, -0.05) is 38.5 Å². The number of carbonyl (C=O) groups excluding carboxylic acids is 3. The summed E-state index contributed by atoms with van der Waals surface area (Å²) in [5, 5.41) is 10.3. The van der Waals surface area contributed by atoms with Crippen LogP contribution < -0.4 is 15.8 Å². The number of hydrogen-bond acceptors (Lipinski definition) is 6. The first kappa shape index (κ1) is 25.0. The van der Waals surface area contributed by atoms with E-state index in [0.29, 0.717) is 24.1 Å². The van der Waals surface area contributed by atoms with Crippen LogP contribution in [-0.4, -0.2) is 38.3 Å². The molecule has 0 aliphatic rings. The molecule has 0 spiro atoms. The number of esters is 1. The molecule has 10 heteroatoms. The number of amides is 2. The van der Waals surface area contributed by atoms with Gasteiger partial charge in [0.05, 0.1) is 4.90 Å². The van der Waals surface area contributed by atoms with Gasteiger partial charge in [-0.05, 0) is 49.2 Å². The zero-order valence-corrected chi connectivity index (χ0v) is 18.7. The fraction of sp³-hybridized carbons (Fsp3) is 0.318. The van der Waals surface area contributed by atoms with Crippen molar-refractivity contribution < 1.29 is 27.5 Å². The number of rotatable bonds is 10. The topological polar surface area (TPSA) is 145 Å². The zero-order valence-electron chi connectivity index (χ0n) is 17.9. The van der Waals surface area contributed by atoms with Crippen LogP contribution in [-0.2, 0) is 24.3 Å². The lowest BCUT2D eigenvalue weighted by Crippen LogP contribution is -2.44. The van der Waals surface area contributed by atoms with E-state index in [-0.39, 0.29) is 11.3 Å². The summed E-state index contributed by atoms with van der Waals surface area (Å²) in [5.41, 5.74) is 0.730. The van der Waals surface area contributed by atoms with Crippen molar-refractivity contribution in [1.82, 2.24) is 5.32 Å². The van der Waals surface area contributed by atoms with E-state index in [1.165, 1.54) is 24.3 Å². The number of hydrogen-bond donors (Lipinski definition) is 3. The van der Waals surface area contributed by atoms with Crippen molar-refractivity contribution in [3.63, 3.8) is 0 Å². The fourth-order valence-electron chi connectivity index (χ4n) is 2.86. The van der Waals surface area contributed by atoms with E-state index < -0.39 is 40.0 Å². The van der Waals surface area contributed by atoms with Crippen LogP contribution in [0.2, 0.25) is 0 Å². The number of sulfonamides is 1. The van der Waals surface area contributed by atoms with Crippen molar-refractivity contribution >= 4 is 33.5 Å². The molecule has 0 radical (unpaired) electrons. The van der Waals surface area contributed by atoms with E-state index in [4.69, 9.17) is 9.88 Å². The SMILES string of the molecule is CCC[C@@H](NC(=O)c1ccccc1)C(=O)O[C@@H](CC)C(=O)Nc1ccc(S(N)(=O)=O)cc1. The second kappa shape index (κ2) is 11.4. The first-order valence-corrected chi connectivity index (χ1v) is 11.7. The van der Waals surface area contributed by atoms with E-state index in [1.54, 1.807) is 37.3 Å². The van der Waals surface area contributed by atoms with Crippen molar-refractivity contribution in [2.75, 3.05) is 5.32 Å². The van der Waals surface area contributed by atoms with Gasteiger partial charge >= 0.3 is 5.97 Å². The average Bonchev–Trinajstić information content (AvgIpc) is 2.77. The Hall–Kier alpha value is -3.24. The molecule has 2 atom stereocenters. The maximum atomic E-state index is 12.7. The van der Waals surface area contributed by atoms with Crippen molar-refractivity contribution in [3.05, 3.63) is 60.2 Å². The molecule has 32 heavy (non-hydrogen) atoms. The molecule has 0 aliphatic heterocycles. The van der Waals surface area contributed by atoms with E-state index in [0.717, 1.165) is 0 Å². The minimum atomic E-state index is -3.85. The largest absolute Gasteiger partial charge is 0.451 e. The summed E-state index contributed by atoms with van der Waals surface area (Å²) in [5.74, 6) is -1.69. The van der Waals surface area contributed by atoms with Gasteiger partial charge in [-0.25, -0.2) is 18.4 Å². The number of anilines is 1. The molecule has 0 bridgehead atoms. The predicted octanol–water partition coefficient (Wildman–Crippen LogP) is 2.19. The molecule has 2 aromatic rings. The molecule has 172 valence electrons. The first-order chi connectivity index (χ1) is 15.2. The molecule has 2 aromatic carbocycles. The highest BCUT2D eigenvalue weighted by Gasteiger charge is 2.28. The summed E-state index contributed by atoms with van der Waals surface area (Å²) < 4.78 is 28.0. The highest BCUT2D eigenvalue weighted by molar-refractivity contribution is 7.89. The Labute approximate surface area is 187 Å². The molecule has 2 amide bonds. The molecule has 0 unspecified atom stereocenters. The number of ether oxygens (including phenoxy) is 1. The minimum absolute atomic E-state index is 0.0921. The molecule has 0 aromatic heterocycles. The summed E-state index contributed by atoms with van der Waals surface area (Å²) in [6, 6.07) is 12.9. The number of nitrogens with two attached hydrogens (primary N) is 1. The van der Waals surface area contributed by atoms with Crippen LogP contribution in [0.3, 0.4) is 0 Å². The lowest BCUT2D eigenvalue weighted by molar-refractivity contribution is -0.156. The maximum Gasteiger partial charge on any atom is 0.329 e. The quantitative estimate of drug-likeness (QED) is 0.463. The lowest BCUT2D eigenvalue weighted by Gasteiger charge is -2.21. The molecule has 0 saturated carbocycles. The number of benzene rings is 2. The molecule has 0 aliphatic carbocycles. The van der Waals surface area contributed by atoms with Crippen LogP contribution in [0.4, 0.5) is 5.69 Å². The third-order valence-electron chi connectivity index (χ3n) is 4.58. The van der Waals surface area contributed by atoms with E-state index in [2.05, 4.69) is 10.6 Å². The van der Waals surface area contributed by atoms with Gasteiger partial charge in [0.1, 0.15) is 6.04 Å². The second-order valence-corrected chi connectivity index (χ2v) is 8.63. The van der Waals surface area contributed by atoms with Gasteiger partial charge in [0.2, 0.25) is 10.0 Å². The predicted molar refractivity (Wildman–Crippen MR) is 119 cm³/mol. The van der Waals surface area contributed by atoms with Gasteiger partial charge in [-0.3, -0.25) is 9.59 Å². The lowest BCUT2D eigenvalue weighted by atomic mass is 10.1. The van der Waals surface area contributed by atoms with Crippen LogP contribution in [0.25, 0.3) is 0 Å². The van der Waals surface area contributed by atoms with Crippen molar-refractivity contribution in [3.8, 4) is 0 Å². The Morgan fingerprint density at radius 1 is 1.00 bits per heavy atom. The van der Waals surface area contributed by atoms with E-state index in [9.17, 15) is 22.8 Å². The van der Waals surface area contributed by atoms with Gasteiger partial charge in [0.15, 0.2) is 6.10 Å². The maximum absolute atomic E-state index is 12.7. The summed E-state index contributed by atoms with van der Waals surface area (Å²) >= 11 is 0.